The first-order valence-electron chi connectivity index (χ1n) is 4.86. The Bertz CT molecular complexity index is 128. The van der Waals surface area contributed by atoms with Crippen LogP contribution in [0.2, 0.25) is 0 Å². The standard InChI is InChI=1S/C11H23Cl/c1-9(2)7-8-11(6,12)10(3,4)5/h9H,7-8H2,1-6H3. The van der Waals surface area contributed by atoms with Gasteiger partial charge in [-0.05, 0) is 31.1 Å². The highest BCUT2D eigenvalue weighted by Gasteiger charge is 2.34. The molecule has 0 aliphatic carbocycles. The van der Waals surface area contributed by atoms with E-state index in [1.807, 2.05) is 0 Å². The lowest BCUT2D eigenvalue weighted by Gasteiger charge is -2.36. The van der Waals surface area contributed by atoms with Gasteiger partial charge in [-0.1, -0.05) is 34.6 Å². The van der Waals surface area contributed by atoms with E-state index < -0.39 is 0 Å². The highest BCUT2D eigenvalue weighted by atomic mass is 35.5. The summed E-state index contributed by atoms with van der Waals surface area (Å²) in [5.74, 6) is 0.755. The third-order valence-corrected chi connectivity index (χ3v) is 3.51. The normalized spacial score (nSPS) is 18.0. The van der Waals surface area contributed by atoms with Crippen LogP contribution in [0.5, 0.6) is 0 Å². The fourth-order valence-electron chi connectivity index (χ4n) is 0.935. The summed E-state index contributed by atoms with van der Waals surface area (Å²) in [7, 11) is 0. The minimum Gasteiger partial charge on any atom is -0.119 e. The Morgan fingerprint density at radius 2 is 1.50 bits per heavy atom. The van der Waals surface area contributed by atoms with Crippen molar-refractivity contribution in [3.8, 4) is 0 Å². The van der Waals surface area contributed by atoms with Crippen molar-refractivity contribution < 1.29 is 0 Å². The molecule has 1 unspecified atom stereocenters. The van der Waals surface area contributed by atoms with E-state index in [0.29, 0.717) is 0 Å². The van der Waals surface area contributed by atoms with Crippen LogP contribution in [0.1, 0.15) is 54.4 Å². The zero-order chi connectivity index (χ0) is 9.99. The average molecular weight is 191 g/mol. The van der Waals surface area contributed by atoms with Crippen molar-refractivity contribution >= 4 is 11.6 Å². The van der Waals surface area contributed by atoms with Gasteiger partial charge in [-0.15, -0.1) is 11.6 Å². The maximum atomic E-state index is 6.46. The highest BCUT2D eigenvalue weighted by Crippen LogP contribution is 2.40. The highest BCUT2D eigenvalue weighted by molar-refractivity contribution is 6.24. The van der Waals surface area contributed by atoms with E-state index in [0.717, 1.165) is 12.3 Å². The summed E-state index contributed by atoms with van der Waals surface area (Å²) in [6.45, 7) is 13.3. The van der Waals surface area contributed by atoms with Gasteiger partial charge in [0.05, 0.1) is 0 Å². The second-order valence-corrected chi connectivity index (χ2v) is 6.21. The van der Waals surface area contributed by atoms with E-state index in [4.69, 9.17) is 11.6 Å². The van der Waals surface area contributed by atoms with E-state index in [1.165, 1.54) is 6.42 Å². The third kappa shape index (κ3) is 3.80. The van der Waals surface area contributed by atoms with Crippen LogP contribution >= 0.6 is 11.6 Å². The lowest BCUT2D eigenvalue weighted by atomic mass is 9.77. The fraction of sp³-hybridized carbons (Fsp3) is 1.00. The lowest BCUT2D eigenvalue weighted by Crippen LogP contribution is -2.34. The Kier molecular flexibility index (Phi) is 4.10. The van der Waals surface area contributed by atoms with Gasteiger partial charge in [0.15, 0.2) is 0 Å². The zero-order valence-electron chi connectivity index (χ0n) is 9.37. The van der Waals surface area contributed by atoms with Gasteiger partial charge in [0.25, 0.3) is 0 Å². The number of rotatable bonds is 3. The third-order valence-electron chi connectivity index (χ3n) is 2.75. The molecule has 0 heterocycles. The van der Waals surface area contributed by atoms with Gasteiger partial charge in [-0.25, -0.2) is 0 Å². The topological polar surface area (TPSA) is 0 Å². The predicted octanol–water partition coefficient (Wildman–Crippen LogP) is 4.47. The molecule has 0 nitrogen and oxygen atoms in total. The van der Waals surface area contributed by atoms with Crippen LogP contribution in [0.25, 0.3) is 0 Å². The van der Waals surface area contributed by atoms with Crippen LogP contribution in [-0.2, 0) is 0 Å². The number of hydrogen-bond acceptors (Lipinski definition) is 0. The molecule has 0 fully saturated rings. The second kappa shape index (κ2) is 4.00. The van der Waals surface area contributed by atoms with Gasteiger partial charge in [0, 0.05) is 4.87 Å². The van der Waals surface area contributed by atoms with Crippen molar-refractivity contribution in [2.75, 3.05) is 0 Å². The quantitative estimate of drug-likeness (QED) is 0.577. The van der Waals surface area contributed by atoms with Crippen LogP contribution in [-0.4, -0.2) is 4.87 Å². The van der Waals surface area contributed by atoms with E-state index in [-0.39, 0.29) is 10.3 Å². The molecule has 1 atom stereocenters. The molecule has 0 aromatic rings. The largest absolute Gasteiger partial charge is 0.119 e. The summed E-state index contributed by atoms with van der Waals surface area (Å²) < 4.78 is 0. The van der Waals surface area contributed by atoms with Crippen molar-refractivity contribution in [2.24, 2.45) is 11.3 Å². The predicted molar refractivity (Wildman–Crippen MR) is 57.8 cm³/mol. The average Bonchev–Trinajstić information content (AvgIpc) is 1.81. The number of alkyl halides is 1. The van der Waals surface area contributed by atoms with E-state index in [1.54, 1.807) is 0 Å². The van der Waals surface area contributed by atoms with Crippen molar-refractivity contribution in [3.05, 3.63) is 0 Å². The molecule has 0 amide bonds. The Hall–Kier alpha value is 0.290. The van der Waals surface area contributed by atoms with Gasteiger partial charge in [0.2, 0.25) is 0 Å². The van der Waals surface area contributed by atoms with Crippen LogP contribution < -0.4 is 0 Å². The van der Waals surface area contributed by atoms with Crippen molar-refractivity contribution in [2.45, 2.75) is 59.3 Å². The van der Waals surface area contributed by atoms with Crippen molar-refractivity contribution in [1.29, 1.82) is 0 Å². The van der Waals surface area contributed by atoms with E-state index >= 15 is 0 Å². The Morgan fingerprint density at radius 3 is 1.75 bits per heavy atom. The maximum absolute atomic E-state index is 6.46. The zero-order valence-corrected chi connectivity index (χ0v) is 10.1. The Balaban J connectivity index is 4.05. The molecule has 12 heavy (non-hydrogen) atoms. The van der Waals surface area contributed by atoms with Crippen molar-refractivity contribution in [1.82, 2.24) is 0 Å². The summed E-state index contributed by atoms with van der Waals surface area (Å²) in [5.41, 5.74) is 0.198. The lowest BCUT2D eigenvalue weighted by molar-refractivity contribution is 0.263. The molecule has 0 aliphatic rings. The minimum atomic E-state index is -0.0583. The van der Waals surface area contributed by atoms with Crippen LogP contribution in [0.4, 0.5) is 0 Å². The summed E-state index contributed by atoms with van der Waals surface area (Å²) in [6, 6.07) is 0. The minimum absolute atomic E-state index is 0.0583. The maximum Gasteiger partial charge on any atom is 0.0467 e. The monoisotopic (exact) mass is 190 g/mol. The first-order chi connectivity index (χ1) is 5.17. The SMILES string of the molecule is CC(C)CCC(C)(Cl)C(C)(C)C. The summed E-state index contributed by atoms with van der Waals surface area (Å²) >= 11 is 6.46. The smallest absolute Gasteiger partial charge is 0.0467 e. The molecule has 0 aromatic heterocycles. The van der Waals surface area contributed by atoms with Crippen LogP contribution in [0.3, 0.4) is 0 Å². The van der Waals surface area contributed by atoms with Crippen LogP contribution in [0.15, 0.2) is 0 Å². The molecular weight excluding hydrogens is 168 g/mol. The first kappa shape index (κ1) is 12.3. The molecule has 0 saturated carbocycles. The molecule has 0 bridgehead atoms. The van der Waals surface area contributed by atoms with Gasteiger partial charge < -0.3 is 0 Å². The van der Waals surface area contributed by atoms with Gasteiger partial charge in [0.1, 0.15) is 0 Å². The van der Waals surface area contributed by atoms with Gasteiger partial charge in [-0.2, -0.15) is 0 Å². The summed E-state index contributed by atoms with van der Waals surface area (Å²) in [5, 5.41) is 0. The molecule has 0 aromatic carbocycles. The molecule has 0 aliphatic heterocycles. The van der Waals surface area contributed by atoms with Crippen LogP contribution in [0, 0.1) is 11.3 Å². The van der Waals surface area contributed by atoms with Crippen molar-refractivity contribution in [3.63, 3.8) is 0 Å². The fourth-order valence-corrected chi connectivity index (χ4v) is 1.04. The molecular formula is C11H23Cl. The Labute approximate surface area is 82.7 Å². The molecule has 0 N–H and O–H groups in total. The first-order valence-corrected chi connectivity index (χ1v) is 5.23. The Morgan fingerprint density at radius 1 is 1.08 bits per heavy atom. The second-order valence-electron chi connectivity index (χ2n) is 5.38. The van der Waals surface area contributed by atoms with Gasteiger partial charge in [-0.3, -0.25) is 0 Å². The molecule has 0 spiro atoms. The molecule has 74 valence electrons. The van der Waals surface area contributed by atoms with E-state index in [2.05, 4.69) is 41.5 Å². The van der Waals surface area contributed by atoms with Gasteiger partial charge >= 0.3 is 0 Å². The number of hydrogen-bond donors (Lipinski definition) is 0. The molecule has 0 radical (unpaired) electrons. The summed E-state index contributed by atoms with van der Waals surface area (Å²) in [6.07, 6.45) is 2.33. The molecule has 0 saturated heterocycles. The summed E-state index contributed by atoms with van der Waals surface area (Å²) in [4.78, 5) is -0.0583. The van der Waals surface area contributed by atoms with E-state index in [9.17, 15) is 0 Å². The molecule has 1 heteroatoms. The number of halogens is 1. The molecule has 0 rings (SSSR count).